The zero-order valence-electron chi connectivity index (χ0n) is 17.5. The highest BCUT2D eigenvalue weighted by Gasteiger charge is 2.50. The summed E-state index contributed by atoms with van der Waals surface area (Å²) in [5, 5.41) is 0. The molecule has 2 aliphatic heterocycles. The van der Waals surface area contributed by atoms with Crippen molar-refractivity contribution in [2.75, 3.05) is 39.3 Å². The first-order valence-electron chi connectivity index (χ1n) is 11.8. The number of carbonyl (C=O) groups excluding carboxylic acids is 1. The molecular formula is C23H34N4O2. The van der Waals surface area contributed by atoms with Crippen LogP contribution in [0, 0.1) is 23.2 Å². The third-order valence-electron chi connectivity index (χ3n) is 8.57. The maximum Gasteiger partial charge on any atom is 0.274 e. The van der Waals surface area contributed by atoms with Crippen molar-refractivity contribution >= 4 is 5.91 Å². The number of imidazole rings is 1. The molecule has 0 spiro atoms. The number of hydrogen-bond acceptors (Lipinski definition) is 4. The van der Waals surface area contributed by atoms with Gasteiger partial charge in [-0.05, 0) is 74.7 Å². The van der Waals surface area contributed by atoms with Crippen LogP contribution < -0.4 is 0 Å². The molecule has 4 aliphatic carbocycles. The molecule has 0 aromatic carbocycles. The van der Waals surface area contributed by atoms with E-state index in [0.29, 0.717) is 24.3 Å². The van der Waals surface area contributed by atoms with Crippen LogP contribution in [0.5, 0.6) is 0 Å². The van der Waals surface area contributed by atoms with Crippen LogP contribution >= 0.6 is 0 Å². The molecule has 6 nitrogen and oxygen atoms in total. The number of carbonyl (C=O) groups is 1. The zero-order valence-corrected chi connectivity index (χ0v) is 17.5. The van der Waals surface area contributed by atoms with E-state index in [1.165, 1.54) is 51.5 Å². The topological polar surface area (TPSA) is 50.6 Å². The van der Waals surface area contributed by atoms with Gasteiger partial charge in [-0.25, -0.2) is 4.98 Å². The molecule has 6 heteroatoms. The minimum absolute atomic E-state index is 0.0904. The summed E-state index contributed by atoms with van der Waals surface area (Å²) in [6, 6.07) is 0. The molecule has 0 N–H and O–H groups in total. The summed E-state index contributed by atoms with van der Waals surface area (Å²) < 4.78 is 7.52. The lowest BCUT2D eigenvalue weighted by Gasteiger charge is -2.57. The van der Waals surface area contributed by atoms with E-state index in [-0.39, 0.29) is 5.91 Å². The highest BCUT2D eigenvalue weighted by molar-refractivity contribution is 5.92. The van der Waals surface area contributed by atoms with Crippen LogP contribution in [0.15, 0.2) is 6.20 Å². The molecule has 0 atom stereocenters. The Balaban J connectivity index is 1.02. The van der Waals surface area contributed by atoms with Crippen molar-refractivity contribution < 1.29 is 9.53 Å². The minimum atomic E-state index is 0.0904. The van der Waals surface area contributed by atoms with Gasteiger partial charge < -0.3 is 14.2 Å². The first-order valence-corrected chi connectivity index (χ1v) is 11.8. The van der Waals surface area contributed by atoms with Gasteiger partial charge in [0.1, 0.15) is 18.1 Å². The van der Waals surface area contributed by atoms with Crippen molar-refractivity contribution in [3.05, 3.63) is 17.7 Å². The highest BCUT2D eigenvalue weighted by Crippen LogP contribution is 2.61. The SMILES string of the molecule is O=C(c1cn2c(n1)COCC2)N1CCN(CCC23CC4CC(CC(C4)C2)C3)CC1. The third kappa shape index (κ3) is 3.42. The summed E-state index contributed by atoms with van der Waals surface area (Å²) in [6.07, 6.45) is 12.4. The van der Waals surface area contributed by atoms with Crippen LogP contribution in [0.4, 0.5) is 0 Å². The molecule has 4 saturated carbocycles. The highest BCUT2D eigenvalue weighted by atomic mass is 16.5. The van der Waals surface area contributed by atoms with E-state index in [2.05, 4.69) is 14.5 Å². The van der Waals surface area contributed by atoms with E-state index in [1.807, 2.05) is 11.1 Å². The maximum atomic E-state index is 12.9. The van der Waals surface area contributed by atoms with Gasteiger partial charge in [0, 0.05) is 38.9 Å². The summed E-state index contributed by atoms with van der Waals surface area (Å²) in [4.78, 5) is 22.0. The maximum absolute atomic E-state index is 12.9. The fraction of sp³-hybridized carbons (Fsp3) is 0.826. The van der Waals surface area contributed by atoms with Gasteiger partial charge >= 0.3 is 0 Å². The van der Waals surface area contributed by atoms with Crippen molar-refractivity contribution in [1.29, 1.82) is 0 Å². The standard InChI is InChI=1S/C23H34N4O2/c28-22(20-15-27-7-8-29-16-21(27)24-20)26-5-3-25(4-6-26)2-1-23-12-17-9-18(13-23)11-19(10-17)14-23/h15,17-19H,1-14,16H2. The summed E-state index contributed by atoms with van der Waals surface area (Å²) in [7, 11) is 0. The van der Waals surface area contributed by atoms with Crippen LogP contribution in [-0.4, -0.2) is 64.6 Å². The lowest BCUT2D eigenvalue weighted by molar-refractivity contribution is -0.0620. The average Bonchev–Trinajstić information content (AvgIpc) is 3.15. The van der Waals surface area contributed by atoms with E-state index in [0.717, 1.165) is 56.3 Å². The lowest BCUT2D eigenvalue weighted by Crippen LogP contribution is -2.51. The molecule has 0 unspecified atom stereocenters. The molecule has 29 heavy (non-hydrogen) atoms. The van der Waals surface area contributed by atoms with Crippen LogP contribution in [0.1, 0.15) is 61.3 Å². The number of aromatic nitrogens is 2. The Labute approximate surface area is 173 Å². The number of rotatable bonds is 4. The second kappa shape index (κ2) is 7.09. The van der Waals surface area contributed by atoms with Gasteiger partial charge in [-0.3, -0.25) is 9.69 Å². The molecule has 0 radical (unpaired) electrons. The Hall–Kier alpha value is -1.40. The predicted molar refractivity (Wildman–Crippen MR) is 109 cm³/mol. The van der Waals surface area contributed by atoms with Crippen molar-refractivity contribution in [1.82, 2.24) is 19.4 Å². The van der Waals surface area contributed by atoms with Crippen LogP contribution in [0.3, 0.4) is 0 Å². The molecule has 1 amide bonds. The smallest absolute Gasteiger partial charge is 0.274 e. The van der Waals surface area contributed by atoms with Crippen LogP contribution in [0.2, 0.25) is 0 Å². The Morgan fingerprint density at radius 3 is 2.38 bits per heavy atom. The van der Waals surface area contributed by atoms with E-state index < -0.39 is 0 Å². The second-order valence-electron chi connectivity index (χ2n) is 10.6. The Morgan fingerprint density at radius 2 is 1.72 bits per heavy atom. The number of nitrogens with zero attached hydrogens (tertiary/aromatic N) is 4. The minimum Gasteiger partial charge on any atom is -0.372 e. The number of piperazine rings is 1. The van der Waals surface area contributed by atoms with E-state index in [1.54, 1.807) is 0 Å². The number of fused-ring (bicyclic) bond motifs is 1. The van der Waals surface area contributed by atoms with Crippen molar-refractivity contribution in [2.24, 2.45) is 23.2 Å². The van der Waals surface area contributed by atoms with Gasteiger partial charge in [0.25, 0.3) is 5.91 Å². The van der Waals surface area contributed by atoms with Crippen molar-refractivity contribution in [2.45, 2.75) is 58.1 Å². The van der Waals surface area contributed by atoms with E-state index in [4.69, 9.17) is 4.74 Å². The quantitative estimate of drug-likeness (QED) is 0.783. The lowest BCUT2D eigenvalue weighted by atomic mass is 9.49. The van der Waals surface area contributed by atoms with Gasteiger partial charge in [0.2, 0.25) is 0 Å². The fourth-order valence-electron chi connectivity index (χ4n) is 7.52. The van der Waals surface area contributed by atoms with Crippen LogP contribution in [-0.2, 0) is 17.9 Å². The largest absolute Gasteiger partial charge is 0.372 e. The Bertz CT molecular complexity index is 721. The summed E-state index contributed by atoms with van der Waals surface area (Å²) >= 11 is 0. The summed E-state index contributed by atoms with van der Waals surface area (Å²) in [5.41, 5.74) is 1.26. The molecule has 5 fully saturated rings. The Morgan fingerprint density at radius 1 is 1.03 bits per heavy atom. The molecule has 1 aromatic heterocycles. The van der Waals surface area contributed by atoms with Crippen molar-refractivity contribution in [3.63, 3.8) is 0 Å². The van der Waals surface area contributed by atoms with E-state index in [9.17, 15) is 4.79 Å². The van der Waals surface area contributed by atoms with E-state index >= 15 is 0 Å². The molecule has 3 heterocycles. The molecular weight excluding hydrogens is 364 g/mol. The molecule has 4 bridgehead atoms. The number of hydrogen-bond donors (Lipinski definition) is 0. The first kappa shape index (κ1) is 18.4. The fourth-order valence-corrected chi connectivity index (χ4v) is 7.52. The molecule has 7 rings (SSSR count). The molecule has 6 aliphatic rings. The molecule has 158 valence electrons. The van der Waals surface area contributed by atoms with Gasteiger partial charge in [-0.2, -0.15) is 0 Å². The molecule has 1 aromatic rings. The van der Waals surface area contributed by atoms with Gasteiger partial charge in [0.05, 0.1) is 6.61 Å². The second-order valence-corrected chi connectivity index (χ2v) is 10.6. The van der Waals surface area contributed by atoms with Crippen LogP contribution in [0.25, 0.3) is 0 Å². The Kier molecular flexibility index (Phi) is 4.49. The monoisotopic (exact) mass is 398 g/mol. The van der Waals surface area contributed by atoms with Gasteiger partial charge in [-0.1, -0.05) is 0 Å². The zero-order chi connectivity index (χ0) is 19.4. The van der Waals surface area contributed by atoms with Gasteiger partial charge in [-0.15, -0.1) is 0 Å². The predicted octanol–water partition coefficient (Wildman–Crippen LogP) is 2.78. The average molecular weight is 399 g/mol. The third-order valence-corrected chi connectivity index (χ3v) is 8.57. The summed E-state index contributed by atoms with van der Waals surface area (Å²) in [5.74, 6) is 4.10. The number of ether oxygens (including phenoxy) is 1. The normalized spacial score (nSPS) is 36.4. The first-order chi connectivity index (χ1) is 14.2. The summed E-state index contributed by atoms with van der Waals surface area (Å²) in [6.45, 7) is 6.93. The number of amides is 1. The molecule has 1 saturated heterocycles. The van der Waals surface area contributed by atoms with Gasteiger partial charge in [0.15, 0.2) is 0 Å². The van der Waals surface area contributed by atoms with Crippen molar-refractivity contribution in [3.8, 4) is 0 Å².